The summed E-state index contributed by atoms with van der Waals surface area (Å²) in [5, 5.41) is 4.58. The third kappa shape index (κ3) is 4.05. The number of hydrogen-bond donors (Lipinski definition) is 1. The Balaban J connectivity index is 1.62. The molecule has 1 N–H and O–H groups in total. The maximum Gasteiger partial charge on any atom is 0.266 e. The van der Waals surface area contributed by atoms with Crippen LogP contribution in [0.5, 0.6) is 0 Å². The average molecular weight is 403 g/mol. The van der Waals surface area contributed by atoms with Crippen LogP contribution in [-0.2, 0) is 19.4 Å². The van der Waals surface area contributed by atoms with Gasteiger partial charge in [0.2, 0.25) is 5.91 Å². The second-order valence-corrected chi connectivity index (χ2v) is 10.3. The first-order valence-electron chi connectivity index (χ1n) is 7.13. The lowest BCUT2D eigenvalue weighted by atomic mass is 10.2. The zero-order valence-corrected chi connectivity index (χ0v) is 15.7. The number of carbonyl (C=O) groups is 2. The molecule has 0 aromatic carbocycles. The van der Waals surface area contributed by atoms with Crippen LogP contribution in [0.2, 0.25) is 0 Å². The minimum Gasteiger partial charge on any atom is -0.351 e. The van der Waals surface area contributed by atoms with Crippen molar-refractivity contribution in [1.82, 2.24) is 10.2 Å². The van der Waals surface area contributed by atoms with Crippen LogP contribution in [0.4, 0.5) is 0 Å². The largest absolute Gasteiger partial charge is 0.351 e. The molecule has 1 aromatic rings. The predicted octanol–water partition coefficient (Wildman–Crippen LogP) is 1.25. The van der Waals surface area contributed by atoms with Crippen LogP contribution in [0.15, 0.2) is 22.4 Å². The van der Waals surface area contributed by atoms with Gasteiger partial charge in [-0.2, -0.15) is 0 Å². The first kappa shape index (κ1) is 17.6. The Kier molecular flexibility index (Phi) is 5.09. The van der Waals surface area contributed by atoms with Gasteiger partial charge in [-0.25, -0.2) is 8.42 Å². The highest BCUT2D eigenvalue weighted by Gasteiger charge is 2.35. The Morgan fingerprint density at radius 3 is 2.92 bits per heavy atom. The van der Waals surface area contributed by atoms with Gasteiger partial charge in [-0.3, -0.25) is 14.5 Å². The van der Waals surface area contributed by atoms with E-state index in [9.17, 15) is 18.0 Å². The van der Waals surface area contributed by atoms with Crippen molar-refractivity contribution in [3.63, 3.8) is 0 Å². The SMILES string of the molecule is O=C(CN1C(=O)/C(=C/c2cccs2)SC1=S)N[C@H]1CCS(=O)(=O)C1. The van der Waals surface area contributed by atoms with Gasteiger partial charge in [-0.05, 0) is 23.9 Å². The van der Waals surface area contributed by atoms with E-state index >= 15 is 0 Å². The van der Waals surface area contributed by atoms with Crippen LogP contribution < -0.4 is 5.32 Å². The monoisotopic (exact) mass is 402 g/mol. The molecule has 0 spiro atoms. The third-order valence-electron chi connectivity index (χ3n) is 3.59. The van der Waals surface area contributed by atoms with E-state index < -0.39 is 15.7 Å². The third-order valence-corrected chi connectivity index (χ3v) is 7.55. The molecule has 1 atom stereocenters. The number of sulfone groups is 1. The number of amides is 2. The molecule has 6 nitrogen and oxygen atoms in total. The summed E-state index contributed by atoms with van der Waals surface area (Å²) < 4.78 is 23.2. The number of rotatable bonds is 4. The molecule has 0 aliphatic carbocycles. The van der Waals surface area contributed by atoms with E-state index in [1.165, 1.54) is 16.2 Å². The number of nitrogens with one attached hydrogen (secondary N) is 1. The average Bonchev–Trinajstić information content (AvgIpc) is 3.17. The standard InChI is InChI=1S/C14H14N2O4S4/c17-12(15-9-3-5-24(19,20)8-9)7-16-13(18)11(23-14(16)21)6-10-2-1-4-22-10/h1-2,4,6,9H,3,5,7-8H2,(H,15,17)/b11-6-/t9-/m0/s1. The summed E-state index contributed by atoms with van der Waals surface area (Å²) in [6.07, 6.45) is 2.16. The summed E-state index contributed by atoms with van der Waals surface area (Å²) in [5.41, 5.74) is 0. The van der Waals surface area contributed by atoms with Crippen molar-refractivity contribution in [3.8, 4) is 0 Å². The molecule has 2 aliphatic rings. The van der Waals surface area contributed by atoms with E-state index in [4.69, 9.17) is 12.2 Å². The van der Waals surface area contributed by atoms with Crippen LogP contribution in [-0.4, -0.2) is 53.5 Å². The summed E-state index contributed by atoms with van der Waals surface area (Å²) in [5.74, 6) is -0.656. The highest BCUT2D eigenvalue weighted by Crippen LogP contribution is 2.33. The summed E-state index contributed by atoms with van der Waals surface area (Å²) in [6, 6.07) is 3.40. The van der Waals surface area contributed by atoms with E-state index in [2.05, 4.69) is 5.32 Å². The second kappa shape index (κ2) is 6.95. The normalized spacial score (nSPS) is 24.8. The number of thiophene rings is 1. The molecular formula is C14H14N2O4S4. The van der Waals surface area contributed by atoms with Gasteiger partial charge >= 0.3 is 0 Å². The first-order valence-corrected chi connectivity index (χ1v) is 11.1. The van der Waals surface area contributed by atoms with Crippen LogP contribution in [0.3, 0.4) is 0 Å². The molecule has 2 fully saturated rings. The molecule has 1 aromatic heterocycles. The maximum atomic E-state index is 12.4. The molecule has 3 rings (SSSR count). The number of carbonyl (C=O) groups excluding carboxylic acids is 2. The number of thiocarbonyl (C=S) groups is 1. The summed E-state index contributed by atoms with van der Waals surface area (Å²) in [6.45, 7) is -0.191. The van der Waals surface area contributed by atoms with Crippen molar-refractivity contribution < 1.29 is 18.0 Å². The van der Waals surface area contributed by atoms with Gasteiger partial charge in [0.25, 0.3) is 5.91 Å². The van der Waals surface area contributed by atoms with Crippen LogP contribution in [0.1, 0.15) is 11.3 Å². The van der Waals surface area contributed by atoms with E-state index in [1.54, 1.807) is 6.08 Å². The molecule has 0 radical (unpaired) electrons. The molecule has 2 saturated heterocycles. The maximum absolute atomic E-state index is 12.4. The van der Waals surface area contributed by atoms with Gasteiger partial charge < -0.3 is 5.32 Å². The minimum atomic E-state index is -3.06. The molecule has 128 valence electrons. The zero-order valence-electron chi connectivity index (χ0n) is 12.4. The number of hydrogen-bond acceptors (Lipinski definition) is 7. The van der Waals surface area contributed by atoms with Crippen molar-refractivity contribution in [1.29, 1.82) is 0 Å². The van der Waals surface area contributed by atoms with Gasteiger partial charge in [-0.15, -0.1) is 11.3 Å². The van der Waals surface area contributed by atoms with Crippen molar-refractivity contribution in [2.45, 2.75) is 12.5 Å². The smallest absolute Gasteiger partial charge is 0.266 e. The Morgan fingerprint density at radius 2 is 2.29 bits per heavy atom. The molecule has 0 bridgehead atoms. The fourth-order valence-electron chi connectivity index (χ4n) is 2.46. The second-order valence-electron chi connectivity index (χ2n) is 5.45. The van der Waals surface area contributed by atoms with Gasteiger partial charge in [0.15, 0.2) is 9.84 Å². The quantitative estimate of drug-likeness (QED) is 0.603. The Labute approximate surface area is 153 Å². The summed E-state index contributed by atoms with van der Waals surface area (Å²) in [4.78, 5) is 27.2. The predicted molar refractivity (Wildman–Crippen MR) is 99.4 cm³/mol. The lowest BCUT2D eigenvalue weighted by molar-refractivity contribution is -0.129. The molecule has 0 saturated carbocycles. The van der Waals surface area contributed by atoms with Gasteiger partial charge in [0.1, 0.15) is 10.9 Å². The fraction of sp³-hybridized carbons (Fsp3) is 0.357. The van der Waals surface area contributed by atoms with Crippen molar-refractivity contribution >= 4 is 67.4 Å². The molecule has 24 heavy (non-hydrogen) atoms. The topological polar surface area (TPSA) is 83.6 Å². The highest BCUT2D eigenvalue weighted by molar-refractivity contribution is 8.26. The molecule has 2 amide bonds. The van der Waals surface area contributed by atoms with Gasteiger partial charge in [0, 0.05) is 10.9 Å². The fourth-order valence-corrected chi connectivity index (χ4v) is 6.12. The van der Waals surface area contributed by atoms with Crippen molar-refractivity contribution in [2.75, 3.05) is 18.1 Å². The lowest BCUT2D eigenvalue weighted by Gasteiger charge is -2.16. The Bertz CT molecular complexity index is 814. The molecular weight excluding hydrogens is 388 g/mol. The van der Waals surface area contributed by atoms with E-state index in [-0.39, 0.29) is 30.0 Å². The highest BCUT2D eigenvalue weighted by atomic mass is 32.2. The molecule has 3 heterocycles. The van der Waals surface area contributed by atoms with Crippen LogP contribution in [0, 0.1) is 0 Å². The van der Waals surface area contributed by atoms with Gasteiger partial charge in [-0.1, -0.05) is 30.0 Å². The molecule has 10 heteroatoms. The number of nitrogens with zero attached hydrogens (tertiary/aromatic N) is 1. The van der Waals surface area contributed by atoms with E-state index in [0.29, 0.717) is 15.6 Å². The molecule has 0 unspecified atom stereocenters. The zero-order chi connectivity index (χ0) is 17.3. The van der Waals surface area contributed by atoms with Crippen LogP contribution in [0.25, 0.3) is 6.08 Å². The minimum absolute atomic E-state index is 0.0462. The van der Waals surface area contributed by atoms with Crippen molar-refractivity contribution in [2.24, 2.45) is 0 Å². The number of thioether (sulfide) groups is 1. The first-order chi connectivity index (χ1) is 11.3. The Hall–Kier alpha value is -1.23. The van der Waals surface area contributed by atoms with Gasteiger partial charge in [0.05, 0.1) is 16.4 Å². The Morgan fingerprint density at radius 1 is 1.50 bits per heavy atom. The van der Waals surface area contributed by atoms with E-state index in [1.807, 2.05) is 17.5 Å². The molecule has 2 aliphatic heterocycles. The van der Waals surface area contributed by atoms with Crippen LogP contribution >= 0.6 is 35.3 Å². The summed E-state index contributed by atoms with van der Waals surface area (Å²) in [7, 11) is -3.06. The van der Waals surface area contributed by atoms with Crippen molar-refractivity contribution in [3.05, 3.63) is 27.3 Å². The summed E-state index contributed by atoms with van der Waals surface area (Å²) >= 11 is 7.86. The lowest BCUT2D eigenvalue weighted by Crippen LogP contribution is -2.43. The van der Waals surface area contributed by atoms with E-state index in [0.717, 1.165) is 16.6 Å².